The Bertz CT molecular complexity index is 680. The molecular formula is C13H19N3O5S. The van der Waals surface area contributed by atoms with Crippen molar-refractivity contribution >= 4 is 21.7 Å². The molecule has 0 radical (unpaired) electrons. The van der Waals surface area contributed by atoms with Crippen molar-refractivity contribution in [3.63, 3.8) is 0 Å². The van der Waals surface area contributed by atoms with Crippen LogP contribution >= 0.6 is 0 Å². The van der Waals surface area contributed by atoms with Crippen LogP contribution in [0.5, 0.6) is 0 Å². The van der Waals surface area contributed by atoms with Gasteiger partial charge in [0.05, 0.1) is 36.7 Å². The first-order valence-electron chi connectivity index (χ1n) is 6.97. The Morgan fingerprint density at radius 1 is 1.32 bits per heavy atom. The minimum Gasteiger partial charge on any atom is -0.481 e. The van der Waals surface area contributed by atoms with Gasteiger partial charge in [0, 0.05) is 25.6 Å². The SMILES string of the molecule is CS(=O)(=O)CCC(=O)N1CCn2nc(CCC(=O)O)cc2C1. The monoisotopic (exact) mass is 329 g/mol. The molecule has 8 nitrogen and oxygen atoms in total. The zero-order chi connectivity index (χ0) is 16.3. The van der Waals surface area contributed by atoms with Crippen molar-refractivity contribution in [1.82, 2.24) is 14.7 Å². The molecule has 0 aliphatic carbocycles. The summed E-state index contributed by atoms with van der Waals surface area (Å²) in [6.45, 7) is 1.39. The Morgan fingerprint density at radius 3 is 2.68 bits per heavy atom. The van der Waals surface area contributed by atoms with Gasteiger partial charge in [-0.2, -0.15) is 5.10 Å². The van der Waals surface area contributed by atoms with Crippen LogP contribution in [0, 0.1) is 0 Å². The zero-order valence-electron chi connectivity index (χ0n) is 12.4. The summed E-state index contributed by atoms with van der Waals surface area (Å²) in [5.41, 5.74) is 1.54. The molecule has 2 heterocycles. The third kappa shape index (κ3) is 4.55. The number of carbonyl (C=O) groups excluding carboxylic acids is 1. The van der Waals surface area contributed by atoms with Crippen LogP contribution in [0.1, 0.15) is 24.2 Å². The van der Waals surface area contributed by atoms with E-state index in [1.807, 2.05) is 0 Å². The summed E-state index contributed by atoms with van der Waals surface area (Å²) in [6, 6.07) is 1.80. The molecule has 1 N–H and O–H groups in total. The number of amides is 1. The second kappa shape index (κ2) is 6.47. The molecular weight excluding hydrogens is 310 g/mol. The minimum atomic E-state index is -3.15. The van der Waals surface area contributed by atoms with E-state index in [0.717, 1.165) is 11.9 Å². The Labute approximate surface area is 128 Å². The fourth-order valence-corrected chi connectivity index (χ4v) is 2.87. The smallest absolute Gasteiger partial charge is 0.303 e. The quantitative estimate of drug-likeness (QED) is 0.766. The molecule has 22 heavy (non-hydrogen) atoms. The van der Waals surface area contributed by atoms with Gasteiger partial charge in [0.1, 0.15) is 9.84 Å². The van der Waals surface area contributed by atoms with Crippen molar-refractivity contribution in [1.29, 1.82) is 0 Å². The zero-order valence-corrected chi connectivity index (χ0v) is 13.2. The van der Waals surface area contributed by atoms with Crippen LogP contribution in [-0.2, 0) is 38.9 Å². The van der Waals surface area contributed by atoms with Gasteiger partial charge in [-0.1, -0.05) is 0 Å². The fourth-order valence-electron chi connectivity index (χ4n) is 2.33. The summed E-state index contributed by atoms with van der Waals surface area (Å²) in [5, 5.41) is 13.0. The van der Waals surface area contributed by atoms with Crippen molar-refractivity contribution in [2.24, 2.45) is 0 Å². The topological polar surface area (TPSA) is 110 Å². The Kier molecular flexibility index (Phi) is 4.84. The molecule has 0 unspecified atom stereocenters. The normalized spacial score (nSPS) is 14.7. The number of aliphatic carboxylic acids is 1. The van der Waals surface area contributed by atoms with Gasteiger partial charge < -0.3 is 10.0 Å². The van der Waals surface area contributed by atoms with Crippen molar-refractivity contribution in [3.05, 3.63) is 17.5 Å². The number of fused-ring (bicyclic) bond motifs is 1. The first-order chi connectivity index (χ1) is 10.2. The van der Waals surface area contributed by atoms with E-state index >= 15 is 0 Å². The van der Waals surface area contributed by atoms with Crippen LogP contribution in [0.25, 0.3) is 0 Å². The molecule has 1 aromatic heterocycles. The number of carboxylic acid groups (broad SMARTS) is 1. The second-order valence-corrected chi connectivity index (χ2v) is 7.70. The molecule has 1 aromatic rings. The number of carboxylic acids is 1. The van der Waals surface area contributed by atoms with Gasteiger partial charge in [-0.05, 0) is 6.07 Å². The van der Waals surface area contributed by atoms with E-state index in [0.29, 0.717) is 31.7 Å². The Balaban J connectivity index is 1.96. The molecule has 0 atom stereocenters. The molecule has 1 aliphatic rings. The van der Waals surface area contributed by atoms with Crippen LogP contribution in [0.2, 0.25) is 0 Å². The van der Waals surface area contributed by atoms with Crippen LogP contribution < -0.4 is 0 Å². The molecule has 0 fully saturated rings. The van der Waals surface area contributed by atoms with E-state index in [1.165, 1.54) is 0 Å². The Morgan fingerprint density at radius 2 is 2.05 bits per heavy atom. The van der Waals surface area contributed by atoms with E-state index in [9.17, 15) is 18.0 Å². The first-order valence-corrected chi connectivity index (χ1v) is 9.03. The Hall–Kier alpha value is -1.90. The third-order valence-corrected chi connectivity index (χ3v) is 4.43. The van der Waals surface area contributed by atoms with Crippen molar-refractivity contribution in [3.8, 4) is 0 Å². The van der Waals surface area contributed by atoms with E-state index in [-0.39, 0.29) is 24.5 Å². The van der Waals surface area contributed by atoms with Crippen molar-refractivity contribution in [2.45, 2.75) is 32.4 Å². The minimum absolute atomic E-state index is 0.0150. The lowest BCUT2D eigenvalue weighted by Crippen LogP contribution is -2.39. The maximum absolute atomic E-state index is 12.0. The fraction of sp³-hybridized carbons (Fsp3) is 0.615. The lowest BCUT2D eigenvalue weighted by molar-refractivity contribution is -0.137. The standard InChI is InChI=1S/C13H19N3O5S/c1-22(20,21)7-4-12(17)15-5-6-16-11(9-15)8-10(14-16)2-3-13(18)19/h8H,2-7,9H2,1H3,(H,18,19). The number of sulfone groups is 1. The third-order valence-electron chi connectivity index (χ3n) is 3.48. The molecule has 0 bridgehead atoms. The molecule has 0 saturated heterocycles. The molecule has 0 saturated carbocycles. The van der Waals surface area contributed by atoms with E-state index < -0.39 is 15.8 Å². The predicted molar refractivity (Wildman–Crippen MR) is 77.9 cm³/mol. The highest BCUT2D eigenvalue weighted by Crippen LogP contribution is 2.15. The first kappa shape index (κ1) is 16.5. The summed E-state index contributed by atoms with van der Waals surface area (Å²) >= 11 is 0. The lowest BCUT2D eigenvalue weighted by atomic mass is 10.2. The van der Waals surface area contributed by atoms with E-state index in [1.54, 1.807) is 15.6 Å². The van der Waals surface area contributed by atoms with Crippen LogP contribution in [0.3, 0.4) is 0 Å². The highest BCUT2D eigenvalue weighted by atomic mass is 32.2. The number of carbonyl (C=O) groups is 2. The summed E-state index contributed by atoms with van der Waals surface area (Å²) < 4.78 is 24.0. The predicted octanol–water partition coefficient (Wildman–Crippen LogP) is -0.323. The maximum atomic E-state index is 12.0. The number of hydrogen-bond donors (Lipinski definition) is 1. The molecule has 1 aliphatic heterocycles. The molecule has 1 amide bonds. The summed E-state index contributed by atoms with van der Waals surface area (Å²) in [5.74, 6) is -1.21. The van der Waals surface area contributed by atoms with E-state index in [4.69, 9.17) is 5.11 Å². The van der Waals surface area contributed by atoms with Gasteiger partial charge in [-0.25, -0.2) is 8.42 Å². The molecule has 2 rings (SSSR count). The van der Waals surface area contributed by atoms with Crippen LogP contribution in [0.4, 0.5) is 0 Å². The van der Waals surface area contributed by atoms with Crippen molar-refractivity contribution < 1.29 is 23.1 Å². The molecule has 9 heteroatoms. The van der Waals surface area contributed by atoms with E-state index in [2.05, 4.69) is 5.10 Å². The van der Waals surface area contributed by atoms with Gasteiger partial charge in [-0.3, -0.25) is 14.3 Å². The van der Waals surface area contributed by atoms with Gasteiger partial charge in [-0.15, -0.1) is 0 Å². The number of aryl methyl sites for hydroxylation is 1. The van der Waals surface area contributed by atoms with Gasteiger partial charge in [0.2, 0.25) is 5.91 Å². The molecule has 122 valence electrons. The summed E-state index contributed by atoms with van der Waals surface area (Å²) in [6.07, 6.45) is 1.48. The molecule has 0 aromatic carbocycles. The highest BCUT2D eigenvalue weighted by Gasteiger charge is 2.23. The largest absolute Gasteiger partial charge is 0.481 e. The number of aromatic nitrogens is 2. The second-order valence-electron chi connectivity index (χ2n) is 5.44. The highest BCUT2D eigenvalue weighted by molar-refractivity contribution is 7.90. The average molecular weight is 329 g/mol. The van der Waals surface area contributed by atoms with Gasteiger partial charge in [0.15, 0.2) is 0 Å². The molecule has 0 spiro atoms. The van der Waals surface area contributed by atoms with Gasteiger partial charge in [0.25, 0.3) is 0 Å². The van der Waals surface area contributed by atoms with Crippen LogP contribution in [0.15, 0.2) is 6.07 Å². The van der Waals surface area contributed by atoms with Gasteiger partial charge >= 0.3 is 5.97 Å². The van der Waals surface area contributed by atoms with Crippen LogP contribution in [-0.4, -0.2) is 58.6 Å². The number of nitrogens with zero attached hydrogens (tertiary/aromatic N) is 3. The van der Waals surface area contributed by atoms with Crippen molar-refractivity contribution in [2.75, 3.05) is 18.6 Å². The average Bonchev–Trinajstić information content (AvgIpc) is 2.83. The number of hydrogen-bond acceptors (Lipinski definition) is 5. The number of rotatable bonds is 6. The summed E-state index contributed by atoms with van der Waals surface area (Å²) in [4.78, 5) is 24.2. The summed E-state index contributed by atoms with van der Waals surface area (Å²) in [7, 11) is -3.15. The lowest BCUT2D eigenvalue weighted by Gasteiger charge is -2.27. The maximum Gasteiger partial charge on any atom is 0.303 e.